The molecule has 5 nitrogen and oxygen atoms in total. The van der Waals surface area contributed by atoms with E-state index in [4.69, 9.17) is 25.2 Å². The fourth-order valence-corrected chi connectivity index (χ4v) is 3.12. The van der Waals surface area contributed by atoms with Crippen LogP contribution < -0.4 is 10.2 Å². The van der Waals surface area contributed by atoms with Gasteiger partial charge < -0.3 is 13.6 Å². The summed E-state index contributed by atoms with van der Waals surface area (Å²) in [5.74, 6) is -0.266. The molecular weight excluding hydrogens is 404 g/mol. The second-order valence-electron chi connectivity index (χ2n) is 6.82. The number of aryl methyl sites for hydroxylation is 2. The van der Waals surface area contributed by atoms with Crippen LogP contribution in [-0.4, -0.2) is 5.97 Å². The number of furan rings is 1. The Morgan fingerprint density at radius 3 is 2.57 bits per heavy atom. The van der Waals surface area contributed by atoms with Crippen molar-refractivity contribution in [2.75, 3.05) is 0 Å². The molecule has 30 heavy (non-hydrogen) atoms. The van der Waals surface area contributed by atoms with E-state index in [1.54, 1.807) is 30.3 Å². The van der Waals surface area contributed by atoms with Crippen molar-refractivity contribution < 1.29 is 18.4 Å². The molecule has 150 valence electrons. The smallest absolute Gasteiger partial charge is 0.336 e. The predicted molar refractivity (Wildman–Crippen MR) is 116 cm³/mol. The van der Waals surface area contributed by atoms with E-state index < -0.39 is 11.4 Å². The molecule has 2 aromatic carbocycles. The number of hydrogen-bond donors (Lipinski definition) is 0. The molecule has 6 heteroatoms. The minimum Gasteiger partial charge on any atom is -0.465 e. The normalized spacial score (nSPS) is 11.3. The van der Waals surface area contributed by atoms with Gasteiger partial charge >= 0.3 is 5.97 Å². The van der Waals surface area contributed by atoms with Crippen LogP contribution in [0.2, 0.25) is 5.02 Å². The number of hydrogen-bond acceptors (Lipinski definition) is 5. The van der Waals surface area contributed by atoms with Crippen LogP contribution in [0.25, 0.3) is 28.4 Å². The van der Waals surface area contributed by atoms with Gasteiger partial charge in [0.15, 0.2) is 5.76 Å². The summed E-state index contributed by atoms with van der Waals surface area (Å²) >= 11 is 6.19. The Balaban J connectivity index is 1.84. The van der Waals surface area contributed by atoms with Crippen LogP contribution in [0.4, 0.5) is 0 Å². The Hall–Kier alpha value is -3.57. The van der Waals surface area contributed by atoms with Gasteiger partial charge in [-0.1, -0.05) is 41.4 Å². The Bertz CT molecular complexity index is 1310. The molecule has 0 saturated carbocycles. The topological polar surface area (TPSA) is 69.7 Å². The van der Waals surface area contributed by atoms with E-state index in [1.165, 1.54) is 24.5 Å². The summed E-state index contributed by atoms with van der Waals surface area (Å²) in [7, 11) is 0. The molecule has 0 aliphatic rings. The van der Waals surface area contributed by atoms with Gasteiger partial charge in [0.05, 0.1) is 11.6 Å². The molecule has 0 spiro atoms. The lowest BCUT2D eigenvalue weighted by atomic mass is 10.1. The first kappa shape index (κ1) is 19.7. The standard InChI is InChI=1S/C24H17ClO5/c1-14-5-7-16(8-6-14)23-24(30-21(26)10-9-17-4-3-11-28-17)22(27)18-13-19(25)15(2)12-20(18)29-23/h3-13H,1-2H3/b10-9+. The summed E-state index contributed by atoms with van der Waals surface area (Å²) in [6.07, 6.45) is 4.13. The summed E-state index contributed by atoms with van der Waals surface area (Å²) in [5, 5.41) is 0.659. The maximum Gasteiger partial charge on any atom is 0.336 e. The number of fused-ring (bicyclic) bond motifs is 1. The number of benzene rings is 2. The van der Waals surface area contributed by atoms with Gasteiger partial charge in [-0.25, -0.2) is 4.79 Å². The second-order valence-corrected chi connectivity index (χ2v) is 7.23. The molecule has 4 rings (SSSR count). The zero-order chi connectivity index (χ0) is 21.3. The average molecular weight is 421 g/mol. The lowest BCUT2D eigenvalue weighted by Crippen LogP contribution is -2.14. The van der Waals surface area contributed by atoms with Crippen LogP contribution in [0.5, 0.6) is 5.75 Å². The third-order valence-electron chi connectivity index (χ3n) is 4.57. The molecule has 0 N–H and O–H groups in total. The Morgan fingerprint density at radius 1 is 1.10 bits per heavy atom. The number of carbonyl (C=O) groups is 1. The van der Waals surface area contributed by atoms with Crippen molar-refractivity contribution in [3.05, 3.63) is 93.0 Å². The monoisotopic (exact) mass is 420 g/mol. The lowest BCUT2D eigenvalue weighted by molar-refractivity contribution is -0.129. The van der Waals surface area contributed by atoms with Gasteiger partial charge in [-0.15, -0.1) is 0 Å². The van der Waals surface area contributed by atoms with Crippen LogP contribution in [-0.2, 0) is 4.79 Å². The van der Waals surface area contributed by atoms with E-state index in [0.717, 1.165) is 11.1 Å². The molecule has 2 heterocycles. The summed E-state index contributed by atoms with van der Waals surface area (Å²) in [5.41, 5.74) is 2.32. The molecule has 4 aromatic rings. The molecule has 0 fully saturated rings. The van der Waals surface area contributed by atoms with E-state index >= 15 is 0 Å². The number of rotatable bonds is 4. The Labute approximate surface area is 177 Å². The van der Waals surface area contributed by atoms with E-state index in [2.05, 4.69) is 0 Å². The zero-order valence-electron chi connectivity index (χ0n) is 16.3. The van der Waals surface area contributed by atoms with Gasteiger partial charge in [-0.05, 0) is 49.8 Å². The fraction of sp³-hybridized carbons (Fsp3) is 0.0833. The highest BCUT2D eigenvalue weighted by atomic mass is 35.5. The average Bonchev–Trinajstić information content (AvgIpc) is 3.24. The first-order chi connectivity index (χ1) is 14.4. The molecule has 0 amide bonds. The van der Waals surface area contributed by atoms with E-state index in [1.807, 2.05) is 26.0 Å². The minimum absolute atomic E-state index is 0.175. The third-order valence-corrected chi connectivity index (χ3v) is 4.98. The van der Waals surface area contributed by atoms with E-state index in [-0.39, 0.29) is 16.9 Å². The highest BCUT2D eigenvalue weighted by molar-refractivity contribution is 6.32. The fourth-order valence-electron chi connectivity index (χ4n) is 2.96. The molecule has 0 saturated heterocycles. The van der Waals surface area contributed by atoms with Gasteiger partial charge in [-0.2, -0.15) is 0 Å². The third kappa shape index (κ3) is 3.93. The molecule has 0 aliphatic heterocycles. The summed E-state index contributed by atoms with van der Waals surface area (Å²) in [6, 6.07) is 14.0. The molecule has 0 unspecified atom stereocenters. The molecule has 0 radical (unpaired) electrons. The van der Waals surface area contributed by atoms with Gasteiger partial charge in [0.2, 0.25) is 11.2 Å². The van der Waals surface area contributed by atoms with Crippen molar-refractivity contribution in [2.45, 2.75) is 13.8 Å². The van der Waals surface area contributed by atoms with Crippen molar-refractivity contribution in [1.29, 1.82) is 0 Å². The number of halogens is 1. The first-order valence-corrected chi connectivity index (χ1v) is 9.57. The predicted octanol–water partition coefficient (Wildman–Crippen LogP) is 5.94. The number of ether oxygens (including phenoxy) is 1. The van der Waals surface area contributed by atoms with Crippen LogP contribution in [0.1, 0.15) is 16.9 Å². The first-order valence-electron chi connectivity index (χ1n) is 9.20. The Kier molecular flexibility index (Phi) is 5.29. The second kappa shape index (κ2) is 8.05. The quantitative estimate of drug-likeness (QED) is 0.302. The van der Waals surface area contributed by atoms with Crippen LogP contribution in [0.15, 0.2) is 74.5 Å². The van der Waals surface area contributed by atoms with Gasteiger partial charge in [0.1, 0.15) is 11.3 Å². The zero-order valence-corrected chi connectivity index (χ0v) is 17.0. The van der Waals surface area contributed by atoms with Gasteiger partial charge in [0.25, 0.3) is 0 Å². The van der Waals surface area contributed by atoms with E-state index in [9.17, 15) is 9.59 Å². The highest BCUT2D eigenvalue weighted by Crippen LogP contribution is 2.33. The van der Waals surface area contributed by atoms with Crippen molar-refractivity contribution >= 4 is 34.6 Å². The van der Waals surface area contributed by atoms with Crippen molar-refractivity contribution in [3.8, 4) is 17.1 Å². The van der Waals surface area contributed by atoms with Crippen LogP contribution in [0, 0.1) is 13.8 Å². The summed E-state index contributed by atoms with van der Waals surface area (Å²) in [6.45, 7) is 3.77. The SMILES string of the molecule is Cc1ccc(-c2oc3cc(C)c(Cl)cc3c(=O)c2OC(=O)/C=C/c2ccco2)cc1. The van der Waals surface area contributed by atoms with Gasteiger partial charge in [0, 0.05) is 16.7 Å². The van der Waals surface area contributed by atoms with E-state index in [0.29, 0.717) is 21.9 Å². The maximum absolute atomic E-state index is 13.2. The summed E-state index contributed by atoms with van der Waals surface area (Å²) in [4.78, 5) is 25.6. The number of carbonyl (C=O) groups excluding carboxylic acids is 1. The van der Waals surface area contributed by atoms with Gasteiger partial charge in [-0.3, -0.25) is 4.79 Å². The molecule has 0 bridgehead atoms. The highest BCUT2D eigenvalue weighted by Gasteiger charge is 2.20. The largest absolute Gasteiger partial charge is 0.465 e. The lowest BCUT2D eigenvalue weighted by Gasteiger charge is -2.11. The molecular formula is C24H17ClO5. The minimum atomic E-state index is -0.732. The Morgan fingerprint density at radius 2 is 1.87 bits per heavy atom. The molecule has 0 atom stereocenters. The van der Waals surface area contributed by atoms with Crippen molar-refractivity contribution in [1.82, 2.24) is 0 Å². The van der Waals surface area contributed by atoms with Crippen molar-refractivity contribution in [3.63, 3.8) is 0 Å². The van der Waals surface area contributed by atoms with Crippen LogP contribution >= 0.6 is 11.6 Å². The molecule has 2 aromatic heterocycles. The summed E-state index contributed by atoms with van der Waals surface area (Å²) < 4.78 is 16.6. The number of esters is 1. The maximum atomic E-state index is 13.2. The van der Waals surface area contributed by atoms with Crippen molar-refractivity contribution in [2.24, 2.45) is 0 Å². The molecule has 0 aliphatic carbocycles. The van der Waals surface area contributed by atoms with Crippen LogP contribution in [0.3, 0.4) is 0 Å².